The van der Waals surface area contributed by atoms with Gasteiger partial charge in [0, 0.05) is 44.5 Å². The monoisotopic (exact) mass is 422 g/mol. The number of pyridine rings is 1. The van der Waals surface area contributed by atoms with Crippen molar-refractivity contribution in [2.45, 2.75) is 45.2 Å². The number of halogens is 2. The highest BCUT2D eigenvalue weighted by Crippen LogP contribution is 2.12. The van der Waals surface area contributed by atoms with E-state index in [0.29, 0.717) is 18.7 Å². The van der Waals surface area contributed by atoms with Crippen LogP contribution < -0.4 is 10.9 Å². The molecule has 1 amide bonds. The summed E-state index contributed by atoms with van der Waals surface area (Å²) in [5.41, 5.74) is 0.142. The highest BCUT2D eigenvalue weighted by atomic mass is 19.1. The molecular weight excluding hydrogens is 398 g/mol. The largest absolute Gasteiger partial charge is 0.325 e. The number of nitrogens with one attached hydrogen (secondary N) is 1. The van der Waals surface area contributed by atoms with Crippen LogP contribution in [0.3, 0.4) is 0 Å². The van der Waals surface area contributed by atoms with E-state index in [2.05, 4.69) is 15.6 Å². The van der Waals surface area contributed by atoms with Crippen molar-refractivity contribution in [1.29, 1.82) is 0 Å². The van der Waals surface area contributed by atoms with Crippen LogP contribution in [0.5, 0.6) is 0 Å². The van der Waals surface area contributed by atoms with Gasteiger partial charge in [-0.1, -0.05) is 5.21 Å². The van der Waals surface area contributed by atoms with E-state index < -0.39 is 12.3 Å². The van der Waals surface area contributed by atoms with E-state index in [9.17, 15) is 23.2 Å². The van der Waals surface area contributed by atoms with Gasteiger partial charge in [0.1, 0.15) is 18.0 Å². The lowest BCUT2D eigenvalue weighted by atomic mass is 10.2. The fourth-order valence-corrected chi connectivity index (χ4v) is 3.23. The number of Topliss-reactive ketones (excluding diaryl/α,β-unsaturated/α-hetero) is 1. The maximum atomic E-state index is 14.2. The summed E-state index contributed by atoms with van der Waals surface area (Å²) in [4.78, 5) is 37.2. The molecule has 3 rings (SSSR count). The van der Waals surface area contributed by atoms with Gasteiger partial charge in [-0.15, -0.1) is 5.10 Å². The van der Waals surface area contributed by atoms with Gasteiger partial charge < -0.3 is 9.88 Å². The van der Waals surface area contributed by atoms with Crippen LogP contribution in [-0.2, 0) is 17.9 Å². The number of anilines is 1. The van der Waals surface area contributed by atoms with Crippen LogP contribution in [0.1, 0.15) is 30.3 Å². The summed E-state index contributed by atoms with van der Waals surface area (Å²) in [7, 11) is 0. The molecular formula is C19H24F2N6O3. The minimum atomic E-state index is -1.28. The van der Waals surface area contributed by atoms with E-state index in [1.807, 2.05) is 0 Å². The number of nitrogens with zero attached hydrogens (tertiary/aromatic N) is 5. The SMILES string of the molecule is CC(=O)c1cn(CC(F)CCn2ccc(NC(=O)CN3CCC(F)C3)cc2=O)nn1. The summed E-state index contributed by atoms with van der Waals surface area (Å²) in [5.74, 6) is -0.565. The van der Waals surface area contributed by atoms with Gasteiger partial charge in [0.25, 0.3) is 5.56 Å². The molecule has 0 saturated carbocycles. The molecule has 30 heavy (non-hydrogen) atoms. The smallest absolute Gasteiger partial charge is 0.252 e. The first-order valence-corrected chi connectivity index (χ1v) is 9.72. The predicted octanol–water partition coefficient (Wildman–Crippen LogP) is 1.05. The number of aromatic nitrogens is 4. The Morgan fingerprint density at radius 1 is 1.40 bits per heavy atom. The number of rotatable bonds is 9. The van der Waals surface area contributed by atoms with Gasteiger partial charge in [0.2, 0.25) is 5.91 Å². The number of ketones is 1. The number of carbonyl (C=O) groups excluding carboxylic acids is 2. The van der Waals surface area contributed by atoms with E-state index >= 15 is 0 Å². The normalized spacial score (nSPS) is 17.8. The van der Waals surface area contributed by atoms with E-state index in [0.717, 1.165) is 0 Å². The van der Waals surface area contributed by atoms with Crippen molar-refractivity contribution >= 4 is 17.4 Å². The zero-order valence-electron chi connectivity index (χ0n) is 16.6. The number of hydrogen-bond donors (Lipinski definition) is 1. The highest BCUT2D eigenvalue weighted by molar-refractivity contribution is 5.92. The zero-order valence-corrected chi connectivity index (χ0v) is 16.6. The number of carbonyl (C=O) groups is 2. The summed E-state index contributed by atoms with van der Waals surface area (Å²) >= 11 is 0. The second-order valence-electron chi connectivity index (χ2n) is 7.38. The minimum absolute atomic E-state index is 0.0697. The van der Waals surface area contributed by atoms with Crippen LogP contribution >= 0.6 is 0 Å². The van der Waals surface area contributed by atoms with Gasteiger partial charge in [-0.25, -0.2) is 13.5 Å². The third-order valence-electron chi connectivity index (χ3n) is 4.83. The molecule has 2 unspecified atom stereocenters. The predicted molar refractivity (Wildman–Crippen MR) is 105 cm³/mol. The van der Waals surface area contributed by atoms with Crippen LogP contribution in [-0.4, -0.2) is 68.1 Å². The molecule has 2 aromatic heterocycles. The lowest BCUT2D eigenvalue weighted by Crippen LogP contribution is -2.32. The molecule has 9 nitrogen and oxygen atoms in total. The van der Waals surface area contributed by atoms with E-state index in [1.165, 1.54) is 34.6 Å². The van der Waals surface area contributed by atoms with Crippen molar-refractivity contribution in [2.24, 2.45) is 0 Å². The molecule has 1 fully saturated rings. The number of hydrogen-bond acceptors (Lipinski definition) is 6. The summed E-state index contributed by atoms with van der Waals surface area (Å²) in [6, 6.07) is 2.83. The third-order valence-corrected chi connectivity index (χ3v) is 4.83. The molecule has 0 bridgehead atoms. The third kappa shape index (κ3) is 6.02. The number of aryl methyl sites for hydroxylation is 1. The van der Waals surface area contributed by atoms with Crippen LogP contribution in [0.2, 0.25) is 0 Å². The molecule has 0 spiro atoms. The lowest BCUT2D eigenvalue weighted by Gasteiger charge is -2.14. The first-order valence-electron chi connectivity index (χ1n) is 9.72. The van der Waals surface area contributed by atoms with Crippen LogP contribution in [0, 0.1) is 0 Å². The van der Waals surface area contributed by atoms with Gasteiger partial charge in [-0.05, 0) is 18.9 Å². The quantitative estimate of drug-likeness (QED) is 0.606. The maximum absolute atomic E-state index is 14.2. The van der Waals surface area contributed by atoms with Crippen molar-refractivity contribution in [3.05, 3.63) is 40.6 Å². The lowest BCUT2D eigenvalue weighted by molar-refractivity contribution is -0.117. The van der Waals surface area contributed by atoms with Crippen molar-refractivity contribution in [1.82, 2.24) is 24.5 Å². The number of alkyl halides is 2. The van der Waals surface area contributed by atoms with Gasteiger partial charge in [-0.2, -0.15) is 0 Å². The minimum Gasteiger partial charge on any atom is -0.325 e. The van der Waals surface area contributed by atoms with Crippen LogP contribution in [0.4, 0.5) is 14.5 Å². The zero-order chi connectivity index (χ0) is 21.7. The first kappa shape index (κ1) is 21.8. The average molecular weight is 422 g/mol. The summed E-state index contributed by atoms with van der Waals surface area (Å²) in [5, 5.41) is 9.98. The van der Waals surface area contributed by atoms with E-state index in [1.54, 1.807) is 11.0 Å². The molecule has 11 heteroatoms. The Hall–Kier alpha value is -2.95. The topological polar surface area (TPSA) is 102 Å². The molecule has 2 atom stereocenters. The first-order chi connectivity index (χ1) is 14.3. The van der Waals surface area contributed by atoms with E-state index in [4.69, 9.17) is 0 Å². The second kappa shape index (κ2) is 9.70. The molecule has 1 aliphatic heterocycles. The average Bonchev–Trinajstić information content (AvgIpc) is 3.30. The van der Waals surface area contributed by atoms with Gasteiger partial charge in [0.05, 0.1) is 19.3 Å². The summed E-state index contributed by atoms with van der Waals surface area (Å²) in [6.07, 6.45) is 1.18. The molecule has 1 aliphatic rings. The van der Waals surface area contributed by atoms with Gasteiger partial charge in [-0.3, -0.25) is 19.3 Å². The summed E-state index contributed by atoms with van der Waals surface area (Å²) in [6.45, 7) is 2.27. The molecule has 0 aliphatic carbocycles. The molecule has 2 aromatic rings. The van der Waals surface area contributed by atoms with Crippen molar-refractivity contribution in [3.8, 4) is 0 Å². The Balaban J connectivity index is 1.48. The highest BCUT2D eigenvalue weighted by Gasteiger charge is 2.23. The van der Waals surface area contributed by atoms with Crippen molar-refractivity contribution in [2.75, 3.05) is 25.0 Å². The molecule has 3 heterocycles. The summed E-state index contributed by atoms with van der Waals surface area (Å²) < 4.78 is 30.0. The van der Waals surface area contributed by atoms with Crippen molar-refractivity contribution < 1.29 is 18.4 Å². The van der Waals surface area contributed by atoms with E-state index in [-0.39, 0.29) is 55.5 Å². The molecule has 1 saturated heterocycles. The molecule has 0 radical (unpaired) electrons. The molecule has 162 valence electrons. The Labute approximate surface area is 171 Å². The fourth-order valence-electron chi connectivity index (χ4n) is 3.23. The number of amides is 1. The second-order valence-corrected chi connectivity index (χ2v) is 7.38. The number of likely N-dealkylation sites (tertiary alicyclic amines) is 1. The van der Waals surface area contributed by atoms with Crippen LogP contribution in [0.25, 0.3) is 0 Å². The Morgan fingerprint density at radius 2 is 2.20 bits per heavy atom. The van der Waals surface area contributed by atoms with Gasteiger partial charge in [0.15, 0.2) is 5.78 Å². The maximum Gasteiger partial charge on any atom is 0.252 e. The molecule has 1 N–H and O–H groups in total. The Morgan fingerprint density at radius 3 is 2.83 bits per heavy atom. The van der Waals surface area contributed by atoms with Crippen molar-refractivity contribution in [3.63, 3.8) is 0 Å². The Bertz CT molecular complexity index is 960. The Kier molecular flexibility index (Phi) is 7.03. The standard InChI is InChI=1S/C19H24F2N6O3/c1-13(28)17-11-27(24-23-17)10-15(21)3-6-26-7-4-16(8-19(26)30)22-18(29)12-25-5-2-14(20)9-25/h4,7-8,11,14-15H,2-3,5-6,9-10,12H2,1H3,(H,22,29). The fraction of sp³-hybridized carbons (Fsp3) is 0.526. The molecule has 0 aromatic carbocycles. The van der Waals surface area contributed by atoms with Gasteiger partial charge >= 0.3 is 0 Å². The van der Waals surface area contributed by atoms with Crippen LogP contribution in [0.15, 0.2) is 29.3 Å².